The molecule has 2 atom stereocenters. The molecule has 0 aliphatic heterocycles. The van der Waals surface area contributed by atoms with Gasteiger partial charge in [0.2, 0.25) is 0 Å². The molecule has 0 bridgehead atoms. The van der Waals surface area contributed by atoms with Crippen LogP contribution in [-0.4, -0.2) is 9.97 Å². The predicted molar refractivity (Wildman–Crippen MR) is 96.8 cm³/mol. The van der Waals surface area contributed by atoms with Gasteiger partial charge in [-0.3, -0.25) is 4.98 Å². The second-order valence-electron chi connectivity index (χ2n) is 4.76. The zero-order chi connectivity index (χ0) is 16.0. The van der Waals surface area contributed by atoms with E-state index in [9.17, 15) is 0 Å². The van der Waals surface area contributed by atoms with E-state index in [-0.39, 0.29) is 1.43 Å². The zero-order valence-corrected chi connectivity index (χ0v) is 14.6. The second-order valence-corrected chi connectivity index (χ2v) is 4.76. The lowest BCUT2D eigenvalue weighted by Crippen LogP contribution is -2.25. The first-order valence-corrected chi connectivity index (χ1v) is 8.49. The third-order valence-electron chi connectivity index (χ3n) is 3.49. The van der Waals surface area contributed by atoms with Crippen molar-refractivity contribution in [2.24, 2.45) is 11.8 Å². The van der Waals surface area contributed by atoms with Crippen molar-refractivity contribution in [1.29, 1.82) is 0 Å². The van der Waals surface area contributed by atoms with Gasteiger partial charge in [-0.1, -0.05) is 53.7 Å². The van der Waals surface area contributed by atoms with Crippen LogP contribution in [0.2, 0.25) is 0 Å². The summed E-state index contributed by atoms with van der Waals surface area (Å²) in [6, 6.07) is 2.17. The number of rotatable bonds is 0. The summed E-state index contributed by atoms with van der Waals surface area (Å²) < 4.78 is 0. The summed E-state index contributed by atoms with van der Waals surface area (Å²) in [4.78, 5) is 7.99. The molecule has 0 saturated heterocycles. The molecule has 2 aliphatic rings. The lowest BCUT2D eigenvalue weighted by molar-refractivity contribution is 1.05. The summed E-state index contributed by atoms with van der Waals surface area (Å²) in [6.07, 6.45) is 8.04. The highest BCUT2D eigenvalue weighted by Crippen LogP contribution is 2.41. The number of nitrogens with zero attached hydrogens (tertiary/aromatic N) is 1. The summed E-state index contributed by atoms with van der Waals surface area (Å²) in [5, 5.41) is 2.60. The van der Waals surface area contributed by atoms with Crippen molar-refractivity contribution < 1.29 is 1.43 Å². The van der Waals surface area contributed by atoms with Crippen LogP contribution in [0.4, 0.5) is 0 Å². The molecule has 4 rings (SSSR count). The Bertz CT molecular complexity index is 685. The van der Waals surface area contributed by atoms with Gasteiger partial charge in [-0.2, -0.15) is 0 Å². The van der Waals surface area contributed by atoms with Crippen LogP contribution in [0.1, 0.15) is 55.0 Å². The third-order valence-corrected chi connectivity index (χ3v) is 3.49. The van der Waals surface area contributed by atoms with Crippen LogP contribution in [0.25, 0.3) is 23.2 Å². The summed E-state index contributed by atoms with van der Waals surface area (Å²) in [5.74, 6) is 1.59. The quantitative estimate of drug-likeness (QED) is 0.764. The third kappa shape index (κ3) is 3.55. The van der Waals surface area contributed by atoms with Crippen LogP contribution in [-0.2, 0) is 0 Å². The Kier molecular flexibility index (Phi) is 6.67. The summed E-state index contributed by atoms with van der Waals surface area (Å²) in [6.45, 7) is 14.1. The molecule has 0 amide bonds. The predicted octanol–water partition coefficient (Wildman–Crippen LogP) is 4.41. The maximum Gasteiger partial charge on any atom is 0.0954 e. The van der Waals surface area contributed by atoms with Crippen molar-refractivity contribution in [2.45, 2.75) is 54.9 Å². The Morgan fingerprint density at radius 1 is 1.05 bits per heavy atom. The molecule has 2 heteroatoms. The van der Waals surface area contributed by atoms with E-state index in [4.69, 9.17) is 0 Å². The number of hydrogen-bond acceptors (Lipinski definition) is 1. The molecule has 0 radical (unpaired) electrons. The number of aromatic nitrogens is 2. The fourth-order valence-corrected chi connectivity index (χ4v) is 2.57. The van der Waals surface area contributed by atoms with E-state index in [0.717, 1.165) is 17.4 Å². The van der Waals surface area contributed by atoms with E-state index in [1.807, 2.05) is 47.7 Å². The topological polar surface area (TPSA) is 28.7 Å². The van der Waals surface area contributed by atoms with E-state index in [1.54, 1.807) is 0 Å². The van der Waals surface area contributed by atoms with E-state index >= 15 is 0 Å². The number of aryl methyl sites for hydroxylation is 1. The molecular formula is C19H32N2. The molecule has 0 aromatic carbocycles. The maximum absolute atomic E-state index is 4.52. The molecule has 1 saturated carbocycles. The summed E-state index contributed by atoms with van der Waals surface area (Å²) in [5.41, 5.74) is 3.53. The monoisotopic (exact) mass is 288 g/mol. The average Bonchev–Trinajstić information content (AvgIpc) is 3.23. The smallest absolute Gasteiger partial charge is 0.0954 e. The summed E-state index contributed by atoms with van der Waals surface area (Å²) in [7, 11) is 0. The van der Waals surface area contributed by atoms with Gasteiger partial charge >= 0.3 is 0 Å². The first-order valence-electron chi connectivity index (χ1n) is 8.49. The van der Waals surface area contributed by atoms with Crippen LogP contribution in [0.15, 0.2) is 12.3 Å². The van der Waals surface area contributed by atoms with Gasteiger partial charge in [0.1, 0.15) is 0 Å². The van der Waals surface area contributed by atoms with Crippen molar-refractivity contribution >= 4 is 23.2 Å². The standard InChI is InChI=1S/C13H12N2.3C2H6.H2/c1-7-2-12-13(14-6-7)10-4-8-3-9(8)5-11(10)15-12;3*1-2;/h2,4-6,8-9,15H,3H2,1H3;3*1-2H3;1H. The van der Waals surface area contributed by atoms with Crippen LogP contribution in [0, 0.1) is 18.8 Å². The van der Waals surface area contributed by atoms with Gasteiger partial charge in [0.05, 0.1) is 11.0 Å². The van der Waals surface area contributed by atoms with Gasteiger partial charge in [0.15, 0.2) is 0 Å². The molecule has 0 spiro atoms. The van der Waals surface area contributed by atoms with Crippen molar-refractivity contribution in [3.63, 3.8) is 0 Å². The maximum atomic E-state index is 4.52. The van der Waals surface area contributed by atoms with Gasteiger partial charge < -0.3 is 4.98 Å². The lowest BCUT2D eigenvalue weighted by atomic mass is 10.1. The van der Waals surface area contributed by atoms with Crippen molar-refractivity contribution in [1.82, 2.24) is 9.97 Å². The highest BCUT2D eigenvalue weighted by atomic mass is 14.8. The van der Waals surface area contributed by atoms with Crippen LogP contribution < -0.4 is 10.6 Å². The molecule has 21 heavy (non-hydrogen) atoms. The largest absolute Gasteiger partial charge is 0.353 e. The van der Waals surface area contributed by atoms with Crippen LogP contribution in [0.3, 0.4) is 0 Å². The van der Waals surface area contributed by atoms with Gasteiger partial charge in [0.25, 0.3) is 0 Å². The van der Waals surface area contributed by atoms with Crippen LogP contribution >= 0.6 is 0 Å². The molecule has 1 fully saturated rings. The van der Waals surface area contributed by atoms with E-state index in [1.165, 1.54) is 28.1 Å². The fourth-order valence-electron chi connectivity index (χ4n) is 2.57. The minimum Gasteiger partial charge on any atom is -0.353 e. The van der Waals surface area contributed by atoms with Crippen molar-refractivity contribution in [2.75, 3.05) is 0 Å². The molecule has 2 aliphatic carbocycles. The Balaban J connectivity index is 0.000000571. The minimum absolute atomic E-state index is 0. The Morgan fingerprint density at radius 3 is 2.33 bits per heavy atom. The molecule has 118 valence electrons. The SMILES string of the molecule is CC.CC.CC.Cc1cnc2c3c([nH]c2c1)=CC1CC1C=3.[HH]. The number of aromatic amines is 1. The van der Waals surface area contributed by atoms with Crippen molar-refractivity contribution in [3.8, 4) is 0 Å². The van der Waals surface area contributed by atoms with Gasteiger partial charge in [0, 0.05) is 18.2 Å². The fraction of sp³-hybridized carbons (Fsp3) is 0.526. The van der Waals surface area contributed by atoms with Gasteiger partial charge in [-0.15, -0.1) is 0 Å². The van der Waals surface area contributed by atoms with Gasteiger partial charge in [-0.25, -0.2) is 0 Å². The molecule has 1 N–H and O–H groups in total. The second kappa shape index (κ2) is 8.02. The number of fused-ring (bicyclic) bond motifs is 4. The number of hydrogen-bond donors (Lipinski definition) is 1. The number of H-pyrrole nitrogens is 1. The zero-order valence-electron chi connectivity index (χ0n) is 14.6. The molecular weight excluding hydrogens is 256 g/mol. The van der Waals surface area contributed by atoms with Crippen LogP contribution in [0.5, 0.6) is 0 Å². The minimum atomic E-state index is 0. The first kappa shape index (κ1) is 17.5. The normalized spacial score (nSPS) is 19.8. The number of pyridine rings is 1. The molecule has 2 aromatic heterocycles. The number of nitrogens with one attached hydrogen (secondary N) is 1. The van der Waals surface area contributed by atoms with E-state index in [0.29, 0.717) is 0 Å². The average molecular weight is 288 g/mol. The lowest BCUT2D eigenvalue weighted by Gasteiger charge is -1.93. The Labute approximate surface area is 130 Å². The molecule has 2 unspecified atom stereocenters. The van der Waals surface area contributed by atoms with E-state index < -0.39 is 0 Å². The first-order chi connectivity index (χ1) is 10.3. The van der Waals surface area contributed by atoms with E-state index in [2.05, 4.69) is 35.1 Å². The Morgan fingerprint density at radius 2 is 1.67 bits per heavy atom. The highest BCUT2D eigenvalue weighted by Gasteiger charge is 2.35. The molecule has 2 heterocycles. The molecule has 2 aromatic rings. The van der Waals surface area contributed by atoms with Crippen molar-refractivity contribution in [3.05, 3.63) is 28.4 Å². The molecule has 2 nitrogen and oxygen atoms in total. The Hall–Kier alpha value is -1.57. The summed E-state index contributed by atoms with van der Waals surface area (Å²) >= 11 is 0. The van der Waals surface area contributed by atoms with Gasteiger partial charge in [-0.05, 0) is 36.8 Å². The highest BCUT2D eigenvalue weighted by molar-refractivity contribution is 5.78.